The third-order valence-corrected chi connectivity index (χ3v) is 7.73. The zero-order valence-electron chi connectivity index (χ0n) is 14.8. The topological polar surface area (TPSA) is 57.7 Å². The average molecular weight is 469 g/mol. The van der Waals surface area contributed by atoms with E-state index in [-0.39, 0.29) is 11.7 Å². The van der Waals surface area contributed by atoms with Gasteiger partial charge < -0.3 is 4.90 Å². The van der Waals surface area contributed by atoms with Crippen LogP contribution in [0.3, 0.4) is 0 Å². The van der Waals surface area contributed by atoms with Gasteiger partial charge in [0.05, 0.1) is 11.5 Å². The van der Waals surface area contributed by atoms with Crippen molar-refractivity contribution in [1.29, 1.82) is 0 Å². The third kappa shape index (κ3) is 5.81. The fraction of sp³-hybridized carbons (Fsp3) is 0.316. The van der Waals surface area contributed by atoms with E-state index in [0.717, 1.165) is 14.9 Å². The SMILES string of the molecule is O=C(CSc1ccc(Br)cc1)N1CCN(S(=O)(=O)Cc2ccccc2)CC1. The van der Waals surface area contributed by atoms with Crippen molar-refractivity contribution in [3.05, 3.63) is 64.6 Å². The zero-order valence-corrected chi connectivity index (χ0v) is 18.0. The second kappa shape index (κ2) is 9.23. The Morgan fingerprint density at radius 2 is 1.59 bits per heavy atom. The van der Waals surface area contributed by atoms with Gasteiger partial charge in [-0.15, -0.1) is 11.8 Å². The Labute approximate surface area is 172 Å². The number of halogens is 1. The largest absolute Gasteiger partial charge is 0.339 e. The maximum atomic E-state index is 12.6. The molecule has 27 heavy (non-hydrogen) atoms. The Bertz CT molecular complexity index is 866. The maximum absolute atomic E-state index is 12.6. The lowest BCUT2D eigenvalue weighted by Crippen LogP contribution is -2.51. The van der Waals surface area contributed by atoms with Gasteiger partial charge >= 0.3 is 0 Å². The number of carbonyl (C=O) groups is 1. The molecule has 144 valence electrons. The van der Waals surface area contributed by atoms with Crippen LogP contribution in [0.5, 0.6) is 0 Å². The summed E-state index contributed by atoms with van der Waals surface area (Å²) in [5.41, 5.74) is 0.780. The molecule has 3 rings (SSSR count). The molecule has 0 N–H and O–H groups in total. The molecule has 8 heteroatoms. The molecule has 0 aromatic heterocycles. The van der Waals surface area contributed by atoms with Crippen LogP contribution in [0, 0.1) is 0 Å². The van der Waals surface area contributed by atoms with Crippen LogP contribution in [0.1, 0.15) is 5.56 Å². The Kier molecular flexibility index (Phi) is 6.97. The highest BCUT2D eigenvalue weighted by atomic mass is 79.9. The molecule has 0 radical (unpaired) electrons. The molecular weight excluding hydrogens is 448 g/mol. The van der Waals surface area contributed by atoms with Crippen LogP contribution in [-0.2, 0) is 20.6 Å². The van der Waals surface area contributed by atoms with Gasteiger partial charge in [-0.25, -0.2) is 8.42 Å². The molecule has 5 nitrogen and oxygen atoms in total. The van der Waals surface area contributed by atoms with E-state index in [1.54, 1.807) is 4.90 Å². The molecule has 0 saturated carbocycles. The molecule has 0 aliphatic carbocycles. The van der Waals surface area contributed by atoms with Gasteiger partial charge in [0.1, 0.15) is 0 Å². The number of rotatable bonds is 6. The molecule has 2 aromatic carbocycles. The highest BCUT2D eigenvalue weighted by molar-refractivity contribution is 9.10. The lowest BCUT2D eigenvalue weighted by atomic mass is 10.2. The zero-order chi connectivity index (χ0) is 19.3. The van der Waals surface area contributed by atoms with E-state index in [1.807, 2.05) is 54.6 Å². The van der Waals surface area contributed by atoms with Crippen molar-refractivity contribution >= 4 is 43.6 Å². The molecule has 1 aliphatic heterocycles. The molecule has 2 aromatic rings. The van der Waals surface area contributed by atoms with Crippen LogP contribution in [0.2, 0.25) is 0 Å². The van der Waals surface area contributed by atoms with Gasteiger partial charge in [-0.1, -0.05) is 46.3 Å². The monoisotopic (exact) mass is 468 g/mol. The predicted molar refractivity (Wildman–Crippen MR) is 112 cm³/mol. The van der Waals surface area contributed by atoms with Gasteiger partial charge in [-0.2, -0.15) is 4.31 Å². The van der Waals surface area contributed by atoms with Crippen LogP contribution in [0.4, 0.5) is 0 Å². The van der Waals surface area contributed by atoms with E-state index in [4.69, 9.17) is 0 Å². The van der Waals surface area contributed by atoms with Gasteiger partial charge in [0.25, 0.3) is 0 Å². The van der Waals surface area contributed by atoms with E-state index in [0.29, 0.717) is 31.9 Å². The van der Waals surface area contributed by atoms with Crippen LogP contribution in [0.25, 0.3) is 0 Å². The number of thioether (sulfide) groups is 1. The fourth-order valence-electron chi connectivity index (χ4n) is 2.86. The molecular formula is C19H21BrN2O3S2. The molecule has 0 bridgehead atoms. The van der Waals surface area contributed by atoms with Crippen molar-refractivity contribution in [3.63, 3.8) is 0 Å². The number of hydrogen-bond donors (Lipinski definition) is 0. The second-order valence-corrected chi connectivity index (χ2v) is 10.2. The Morgan fingerprint density at radius 1 is 0.963 bits per heavy atom. The van der Waals surface area contributed by atoms with Gasteiger partial charge in [0.2, 0.25) is 15.9 Å². The first-order chi connectivity index (χ1) is 12.9. The van der Waals surface area contributed by atoms with Crippen molar-refractivity contribution in [2.45, 2.75) is 10.6 Å². The molecule has 1 amide bonds. The molecule has 1 heterocycles. The van der Waals surface area contributed by atoms with Crippen molar-refractivity contribution < 1.29 is 13.2 Å². The van der Waals surface area contributed by atoms with Gasteiger partial charge in [0.15, 0.2) is 0 Å². The first kappa shape index (κ1) is 20.4. The number of piperazine rings is 1. The molecule has 1 aliphatic rings. The fourth-order valence-corrected chi connectivity index (χ4v) is 5.44. The molecule has 0 unspecified atom stereocenters. The summed E-state index contributed by atoms with van der Waals surface area (Å²) in [6.45, 7) is 1.58. The normalized spacial score (nSPS) is 15.7. The summed E-state index contributed by atoms with van der Waals surface area (Å²) >= 11 is 4.89. The Hall–Kier alpha value is -1.35. The van der Waals surface area contributed by atoms with Crippen LogP contribution >= 0.6 is 27.7 Å². The summed E-state index contributed by atoms with van der Waals surface area (Å²) in [6.07, 6.45) is 0. The quantitative estimate of drug-likeness (QED) is 0.610. The first-order valence-corrected chi connectivity index (χ1v) is 12.0. The number of sulfonamides is 1. The molecule has 0 atom stereocenters. The van der Waals surface area contributed by atoms with E-state index in [2.05, 4.69) is 15.9 Å². The Balaban J connectivity index is 1.49. The highest BCUT2D eigenvalue weighted by Crippen LogP contribution is 2.21. The first-order valence-electron chi connectivity index (χ1n) is 8.62. The summed E-state index contributed by atoms with van der Waals surface area (Å²) in [5.74, 6) is 0.405. The predicted octanol–water partition coefficient (Wildman–Crippen LogP) is 3.22. The van der Waals surface area contributed by atoms with Crippen molar-refractivity contribution in [3.8, 4) is 0 Å². The smallest absolute Gasteiger partial charge is 0.233 e. The molecule has 0 spiro atoms. The van der Waals surface area contributed by atoms with Gasteiger partial charge in [0, 0.05) is 35.5 Å². The summed E-state index contributed by atoms with van der Waals surface area (Å²) in [5, 5.41) is 0. The molecule has 1 saturated heterocycles. The lowest BCUT2D eigenvalue weighted by Gasteiger charge is -2.34. The number of amides is 1. The highest BCUT2D eigenvalue weighted by Gasteiger charge is 2.28. The van der Waals surface area contributed by atoms with E-state index >= 15 is 0 Å². The van der Waals surface area contributed by atoms with Crippen molar-refractivity contribution in [1.82, 2.24) is 9.21 Å². The van der Waals surface area contributed by atoms with Crippen LogP contribution in [0.15, 0.2) is 64.0 Å². The summed E-state index contributed by atoms with van der Waals surface area (Å²) in [6, 6.07) is 17.0. The Morgan fingerprint density at radius 3 is 2.22 bits per heavy atom. The number of nitrogens with zero attached hydrogens (tertiary/aromatic N) is 2. The van der Waals surface area contributed by atoms with Gasteiger partial charge in [-0.05, 0) is 29.8 Å². The average Bonchev–Trinajstić information content (AvgIpc) is 2.68. The molecule has 1 fully saturated rings. The summed E-state index contributed by atoms with van der Waals surface area (Å²) in [7, 11) is -3.36. The van der Waals surface area contributed by atoms with E-state index < -0.39 is 10.0 Å². The standard InChI is InChI=1S/C19H21BrN2O3S2/c20-17-6-8-18(9-7-17)26-14-19(23)21-10-12-22(13-11-21)27(24,25)15-16-4-2-1-3-5-16/h1-9H,10-15H2. The maximum Gasteiger partial charge on any atom is 0.233 e. The van der Waals surface area contributed by atoms with Crippen LogP contribution < -0.4 is 0 Å². The van der Waals surface area contributed by atoms with Crippen molar-refractivity contribution in [2.24, 2.45) is 0 Å². The minimum Gasteiger partial charge on any atom is -0.339 e. The minimum atomic E-state index is -3.36. The van der Waals surface area contributed by atoms with Crippen LogP contribution in [-0.4, -0.2) is 55.5 Å². The van der Waals surface area contributed by atoms with Gasteiger partial charge in [-0.3, -0.25) is 4.79 Å². The van der Waals surface area contributed by atoms with E-state index in [1.165, 1.54) is 16.1 Å². The number of hydrogen-bond acceptors (Lipinski definition) is 4. The van der Waals surface area contributed by atoms with Crippen molar-refractivity contribution in [2.75, 3.05) is 31.9 Å². The summed E-state index contributed by atoms with van der Waals surface area (Å²) < 4.78 is 27.7. The lowest BCUT2D eigenvalue weighted by molar-refractivity contribution is -0.129. The van der Waals surface area contributed by atoms with E-state index in [9.17, 15) is 13.2 Å². The third-order valence-electron chi connectivity index (χ3n) is 4.35. The number of benzene rings is 2. The summed E-state index contributed by atoms with van der Waals surface area (Å²) in [4.78, 5) is 15.2. The second-order valence-electron chi connectivity index (χ2n) is 6.26. The minimum absolute atomic E-state index is 0.00120. The number of carbonyl (C=O) groups excluding carboxylic acids is 1.